The zero-order chi connectivity index (χ0) is 46.4. The maximum absolute atomic E-state index is 13.5. The fraction of sp³-hybridized carbons (Fsp3) is 0.353. The number of phenolic OH excluding ortho intramolecular Hbond substituents is 1. The molecule has 0 amide bonds. The number of unbranched alkanes of at least 4 members (excludes halogenated alkanes) is 1. The molecular weight excluding hydrogens is 830 g/mol. The number of carbonyl (C=O) groups excluding carboxylic acids is 3. The Morgan fingerprint density at radius 3 is 1.61 bits per heavy atom. The molecule has 13 heteroatoms. The second-order valence-electron chi connectivity index (χ2n) is 14.9. The summed E-state index contributed by atoms with van der Waals surface area (Å²) in [6.07, 6.45) is -4.08. The molecule has 0 aromatic heterocycles. The predicted molar refractivity (Wildman–Crippen MR) is 236 cm³/mol. The van der Waals surface area contributed by atoms with Gasteiger partial charge < -0.3 is 33.5 Å². The number of rotatable bonds is 22. The lowest BCUT2D eigenvalue weighted by Crippen LogP contribution is -2.59. The first-order chi connectivity index (χ1) is 30.8. The highest BCUT2D eigenvalue weighted by Crippen LogP contribution is 2.34. The first kappa shape index (κ1) is 50.1. The van der Waals surface area contributed by atoms with Crippen molar-refractivity contribution in [2.45, 2.75) is 103 Å². The highest BCUT2D eigenvalue weighted by Gasteiger charge is 2.54. The third-order valence-corrected chi connectivity index (χ3v) is 9.92. The van der Waals surface area contributed by atoms with Crippen molar-refractivity contribution in [1.29, 1.82) is 0 Å². The zero-order valence-electron chi connectivity index (χ0n) is 36.7. The van der Waals surface area contributed by atoms with E-state index < -0.39 is 35.4 Å². The zero-order valence-corrected chi connectivity index (χ0v) is 36.7. The number of ether oxygens (including phenoxy) is 6. The Morgan fingerprint density at radius 2 is 1.08 bits per heavy atom. The van der Waals surface area contributed by atoms with Gasteiger partial charge >= 0.3 is 24.1 Å². The molecule has 0 bridgehead atoms. The fourth-order valence-electron chi connectivity index (χ4n) is 6.78. The van der Waals surface area contributed by atoms with Gasteiger partial charge in [0.2, 0.25) is 11.2 Å². The fourth-order valence-corrected chi connectivity index (χ4v) is 6.78. The molecule has 0 radical (unpaired) electrons. The van der Waals surface area contributed by atoms with Gasteiger partial charge in [0.1, 0.15) is 29.6 Å². The van der Waals surface area contributed by atoms with Crippen LogP contribution in [0.1, 0.15) is 76.5 Å². The molecule has 3 unspecified atom stereocenters. The molecule has 0 aliphatic carbocycles. The molecule has 0 aliphatic heterocycles. The topological polar surface area (TPSA) is 127 Å². The summed E-state index contributed by atoms with van der Waals surface area (Å²) in [4.78, 5) is 38.3. The minimum Gasteiger partial charge on any atom is -0.508 e. The summed E-state index contributed by atoms with van der Waals surface area (Å²) in [6.45, 7) is 7.74. The molecule has 0 aliphatic rings. The largest absolute Gasteiger partial charge is 0.508 e. The number of aromatic hydroxyl groups is 1. The van der Waals surface area contributed by atoms with Crippen LogP contribution in [-0.2, 0) is 48.0 Å². The molecule has 10 nitrogen and oxygen atoms in total. The molecule has 1 N–H and O–H groups in total. The van der Waals surface area contributed by atoms with Crippen molar-refractivity contribution >= 4 is 17.9 Å². The van der Waals surface area contributed by atoms with Crippen LogP contribution in [0.25, 0.3) is 0 Å². The van der Waals surface area contributed by atoms with Crippen LogP contribution in [0, 0.1) is 0 Å². The molecule has 0 spiro atoms. The lowest BCUT2D eigenvalue weighted by Gasteiger charge is -2.38. The van der Waals surface area contributed by atoms with Crippen LogP contribution in [0.5, 0.6) is 23.0 Å². The van der Waals surface area contributed by atoms with Gasteiger partial charge in [-0.05, 0) is 98.3 Å². The van der Waals surface area contributed by atoms with Crippen molar-refractivity contribution in [2.75, 3.05) is 13.2 Å². The normalized spacial score (nSPS) is 13.4. The Labute approximate surface area is 373 Å². The van der Waals surface area contributed by atoms with Gasteiger partial charge in [-0.3, -0.25) is 0 Å². The van der Waals surface area contributed by atoms with Crippen molar-refractivity contribution in [3.05, 3.63) is 156 Å². The van der Waals surface area contributed by atoms with Crippen LogP contribution in [0.4, 0.5) is 13.2 Å². The average molecular weight is 887 g/mol. The van der Waals surface area contributed by atoms with Crippen molar-refractivity contribution in [3.8, 4) is 23.0 Å². The summed E-state index contributed by atoms with van der Waals surface area (Å²) in [5.41, 5.74) is -0.744. The molecule has 342 valence electrons. The third-order valence-electron chi connectivity index (χ3n) is 9.92. The summed E-state index contributed by atoms with van der Waals surface area (Å²) in [7, 11) is 0. The number of benzene rings is 5. The average Bonchev–Trinajstić information content (AvgIpc) is 3.29. The van der Waals surface area contributed by atoms with Crippen molar-refractivity contribution in [1.82, 2.24) is 0 Å². The monoisotopic (exact) mass is 886 g/mol. The van der Waals surface area contributed by atoms with Gasteiger partial charge in [-0.15, -0.1) is 0 Å². The van der Waals surface area contributed by atoms with E-state index in [-0.39, 0.29) is 36.9 Å². The van der Waals surface area contributed by atoms with Crippen LogP contribution in [0.2, 0.25) is 0 Å². The Hall–Kier alpha value is -6.50. The molecule has 0 fully saturated rings. The summed E-state index contributed by atoms with van der Waals surface area (Å²) < 4.78 is 73.5. The van der Waals surface area contributed by atoms with E-state index in [1.807, 2.05) is 72.8 Å². The molecule has 5 aromatic carbocycles. The molecule has 5 rings (SSSR count). The molecule has 3 atom stereocenters. The van der Waals surface area contributed by atoms with E-state index in [2.05, 4.69) is 6.92 Å². The Morgan fingerprint density at radius 1 is 0.562 bits per heavy atom. The number of para-hydroxylation sites is 2. The van der Waals surface area contributed by atoms with Crippen LogP contribution in [0.3, 0.4) is 0 Å². The summed E-state index contributed by atoms with van der Waals surface area (Å²) in [5, 5.41) is 9.50. The predicted octanol–water partition coefficient (Wildman–Crippen LogP) is 11.0. The smallest absolute Gasteiger partial charge is 0.490 e. The molecule has 0 heterocycles. The minimum absolute atomic E-state index is 0.0585. The van der Waals surface area contributed by atoms with Crippen LogP contribution >= 0.6 is 0 Å². The van der Waals surface area contributed by atoms with Crippen LogP contribution in [0.15, 0.2) is 140 Å². The maximum Gasteiger partial charge on any atom is 0.490 e. The number of carbonyl (C=O) groups is 3. The maximum atomic E-state index is 13.5. The van der Waals surface area contributed by atoms with E-state index in [9.17, 15) is 32.7 Å². The second-order valence-corrected chi connectivity index (χ2v) is 14.9. The van der Waals surface area contributed by atoms with E-state index in [0.717, 1.165) is 24.0 Å². The van der Waals surface area contributed by atoms with Crippen LogP contribution < -0.4 is 14.2 Å². The van der Waals surface area contributed by atoms with E-state index in [1.165, 1.54) is 0 Å². The number of esters is 3. The highest BCUT2D eigenvalue weighted by atomic mass is 19.4. The SMILES string of the molecule is CCCC(OC(=O)C(F)(F)F)C(Cc1ccc(OCc2ccccc2)cc1)(Oc1ccccc1)C(=O)OCC.CCCCC(Cc1ccc(O)cc1)(Oc1ccccc1)C(=O)OCC. The standard InChI is InChI=1S/C30H31F3O6.C21H26O4/c1-3-11-26(38-28(35)30(31,32)33)29(27(34)36-4-2,39-25-14-9-6-10-15-25)20-22-16-18-24(19-17-22)37-21-23-12-7-5-8-13-23;1-3-5-15-21(20(23)24-4-2,25-19-9-7-6-8-10-19)16-17-11-13-18(22)14-12-17/h5-10,12-19,26H,3-4,11,20-21H2,1-2H3;6-14,22H,3-5,15-16H2,1-2H3. The number of halogens is 3. The summed E-state index contributed by atoms with van der Waals surface area (Å²) >= 11 is 0. The number of hydrogen-bond donors (Lipinski definition) is 1. The van der Waals surface area contributed by atoms with Crippen molar-refractivity contribution in [3.63, 3.8) is 0 Å². The van der Waals surface area contributed by atoms with Gasteiger partial charge in [0.05, 0.1) is 13.2 Å². The first-order valence-corrected chi connectivity index (χ1v) is 21.4. The van der Waals surface area contributed by atoms with E-state index >= 15 is 0 Å². The Balaban J connectivity index is 0.000000309. The van der Waals surface area contributed by atoms with E-state index in [4.69, 9.17) is 28.4 Å². The van der Waals surface area contributed by atoms with E-state index in [1.54, 1.807) is 87.5 Å². The third kappa shape index (κ3) is 15.1. The molecule has 0 saturated carbocycles. The molecule has 0 saturated heterocycles. The molecule has 5 aromatic rings. The van der Waals surface area contributed by atoms with Crippen molar-refractivity contribution < 1.29 is 61.1 Å². The van der Waals surface area contributed by atoms with Gasteiger partial charge in [-0.1, -0.05) is 118 Å². The second kappa shape index (κ2) is 25.0. The van der Waals surface area contributed by atoms with Gasteiger partial charge in [-0.2, -0.15) is 13.2 Å². The highest BCUT2D eigenvalue weighted by molar-refractivity contribution is 5.83. The Kier molecular flexibility index (Phi) is 19.6. The van der Waals surface area contributed by atoms with Crippen LogP contribution in [-0.4, -0.2) is 59.7 Å². The number of phenols is 1. The van der Waals surface area contributed by atoms with Gasteiger partial charge in [-0.25, -0.2) is 14.4 Å². The first-order valence-electron chi connectivity index (χ1n) is 21.4. The lowest BCUT2D eigenvalue weighted by atomic mass is 9.85. The van der Waals surface area contributed by atoms with Gasteiger partial charge in [0.15, 0.2) is 6.10 Å². The lowest BCUT2D eigenvalue weighted by molar-refractivity contribution is -0.217. The molecular formula is C51H57F3O10. The van der Waals surface area contributed by atoms with Crippen molar-refractivity contribution in [2.24, 2.45) is 0 Å². The minimum atomic E-state index is -5.25. The number of hydrogen-bond acceptors (Lipinski definition) is 10. The summed E-state index contributed by atoms with van der Waals surface area (Å²) in [5.74, 6) is -2.09. The van der Waals surface area contributed by atoms with Gasteiger partial charge in [0, 0.05) is 12.8 Å². The summed E-state index contributed by atoms with van der Waals surface area (Å²) in [6, 6.07) is 40.7. The van der Waals surface area contributed by atoms with Gasteiger partial charge in [0.25, 0.3) is 0 Å². The molecule has 64 heavy (non-hydrogen) atoms. The quantitative estimate of drug-likeness (QED) is 0.0530. The Bertz CT molecular complexity index is 2130. The van der Waals surface area contributed by atoms with E-state index in [0.29, 0.717) is 49.5 Å². The number of alkyl halides is 3.